The number of anilines is 1. The van der Waals surface area contributed by atoms with Gasteiger partial charge in [0.15, 0.2) is 0 Å². The normalized spacial score (nSPS) is 20.5. The lowest BCUT2D eigenvalue weighted by molar-refractivity contribution is 0.0668. The van der Waals surface area contributed by atoms with Crippen LogP contribution >= 0.6 is 0 Å². The number of nitrogens with zero attached hydrogens (tertiary/aromatic N) is 5. The first-order valence-corrected chi connectivity index (χ1v) is 8.77. The smallest absolute Gasteiger partial charge is 0.259 e. The highest BCUT2D eigenvalue weighted by molar-refractivity contribution is 5.95. The molecule has 8 heteroatoms. The van der Waals surface area contributed by atoms with Gasteiger partial charge in [-0.3, -0.25) is 4.79 Å². The molecule has 8 nitrogen and oxygen atoms in total. The van der Waals surface area contributed by atoms with Crippen LogP contribution < -0.4 is 4.90 Å². The molecular formula is C18H22N6O2. The van der Waals surface area contributed by atoms with E-state index in [-0.39, 0.29) is 11.9 Å². The molecule has 1 fully saturated rings. The Kier molecular flexibility index (Phi) is 4.10. The van der Waals surface area contributed by atoms with Crippen LogP contribution in [0.3, 0.4) is 0 Å². The van der Waals surface area contributed by atoms with Crippen molar-refractivity contribution >= 4 is 22.8 Å². The third kappa shape index (κ3) is 2.71. The summed E-state index contributed by atoms with van der Waals surface area (Å²) in [7, 11) is 2.04. The van der Waals surface area contributed by atoms with Gasteiger partial charge >= 0.3 is 0 Å². The molecule has 3 aromatic rings. The molecule has 136 valence electrons. The summed E-state index contributed by atoms with van der Waals surface area (Å²) in [5.41, 5.74) is 1.98. The van der Waals surface area contributed by atoms with Gasteiger partial charge in [-0.2, -0.15) is 0 Å². The van der Waals surface area contributed by atoms with E-state index in [2.05, 4.69) is 31.9 Å². The topological polar surface area (TPSA) is 91.2 Å². The van der Waals surface area contributed by atoms with Gasteiger partial charge in [-0.1, -0.05) is 12.1 Å². The standard InChI is InChI=1S/C18H22N6O2/c1-11-5-7-24(18(25)14-9-26-22-12(14)2)8-15(11)23(3)17-13-4-6-19-16(13)20-10-21-17/h4,6,9-11,15H,5,7-8H2,1-3H3,(H,19,20,21). The highest BCUT2D eigenvalue weighted by Crippen LogP contribution is 2.29. The zero-order valence-corrected chi connectivity index (χ0v) is 15.1. The molecule has 0 radical (unpaired) electrons. The summed E-state index contributed by atoms with van der Waals surface area (Å²) >= 11 is 0. The van der Waals surface area contributed by atoms with Crippen molar-refractivity contribution in [2.75, 3.05) is 25.0 Å². The van der Waals surface area contributed by atoms with Crippen LogP contribution in [0.2, 0.25) is 0 Å². The number of carbonyl (C=O) groups excluding carboxylic acids is 1. The second-order valence-electron chi connectivity index (χ2n) is 6.95. The van der Waals surface area contributed by atoms with E-state index in [1.165, 1.54) is 6.26 Å². The minimum absolute atomic E-state index is 0.0245. The average molecular weight is 354 g/mol. The third-order valence-electron chi connectivity index (χ3n) is 5.35. The van der Waals surface area contributed by atoms with Crippen molar-refractivity contribution < 1.29 is 9.32 Å². The number of nitrogens with one attached hydrogen (secondary N) is 1. The number of aryl methyl sites for hydroxylation is 1. The van der Waals surface area contributed by atoms with Crippen molar-refractivity contribution in [3.8, 4) is 0 Å². The SMILES string of the molecule is Cc1nocc1C(=O)N1CCC(C)C(N(C)c2ncnc3[nH]ccc23)C1. The molecule has 0 saturated carbocycles. The number of aromatic nitrogens is 4. The number of fused-ring (bicyclic) bond motifs is 1. The first-order valence-electron chi connectivity index (χ1n) is 8.77. The van der Waals surface area contributed by atoms with E-state index >= 15 is 0 Å². The van der Waals surface area contributed by atoms with Crippen LogP contribution in [0.1, 0.15) is 29.4 Å². The number of hydrogen-bond donors (Lipinski definition) is 1. The Morgan fingerprint density at radius 3 is 3.04 bits per heavy atom. The Hall–Kier alpha value is -2.90. The fourth-order valence-electron chi connectivity index (χ4n) is 3.70. The maximum absolute atomic E-state index is 12.8. The minimum Gasteiger partial charge on any atom is -0.364 e. The van der Waals surface area contributed by atoms with Crippen molar-refractivity contribution in [1.82, 2.24) is 25.0 Å². The maximum Gasteiger partial charge on any atom is 0.259 e. The molecule has 1 N–H and O–H groups in total. The first kappa shape index (κ1) is 16.6. The zero-order valence-electron chi connectivity index (χ0n) is 15.1. The summed E-state index contributed by atoms with van der Waals surface area (Å²) in [5.74, 6) is 1.30. The molecule has 3 aromatic heterocycles. The third-order valence-corrected chi connectivity index (χ3v) is 5.35. The van der Waals surface area contributed by atoms with Crippen LogP contribution in [0.15, 0.2) is 29.4 Å². The Morgan fingerprint density at radius 2 is 2.27 bits per heavy atom. The molecule has 4 heterocycles. The van der Waals surface area contributed by atoms with Crippen LogP contribution in [-0.2, 0) is 0 Å². The molecule has 1 amide bonds. The number of likely N-dealkylation sites (tertiary alicyclic amines) is 1. The number of piperidine rings is 1. The maximum atomic E-state index is 12.8. The summed E-state index contributed by atoms with van der Waals surface area (Å²) in [6, 6.07) is 2.15. The summed E-state index contributed by atoms with van der Waals surface area (Å²) in [5, 5.41) is 4.81. The first-order chi connectivity index (χ1) is 12.6. The average Bonchev–Trinajstić information content (AvgIpc) is 3.29. The Bertz CT molecular complexity index is 933. The molecular weight excluding hydrogens is 332 g/mol. The lowest BCUT2D eigenvalue weighted by atomic mass is 9.92. The number of rotatable bonds is 3. The summed E-state index contributed by atoms with van der Waals surface area (Å²) < 4.78 is 4.93. The predicted octanol–water partition coefficient (Wildman–Crippen LogP) is 2.24. The number of carbonyl (C=O) groups is 1. The summed E-state index contributed by atoms with van der Waals surface area (Å²) in [6.45, 7) is 5.38. The van der Waals surface area contributed by atoms with E-state index in [0.29, 0.717) is 23.7 Å². The van der Waals surface area contributed by atoms with E-state index in [1.54, 1.807) is 13.3 Å². The van der Waals surface area contributed by atoms with Crippen molar-refractivity contribution in [2.24, 2.45) is 5.92 Å². The van der Waals surface area contributed by atoms with Gasteiger partial charge in [-0.25, -0.2) is 9.97 Å². The van der Waals surface area contributed by atoms with Crippen LogP contribution in [-0.4, -0.2) is 57.1 Å². The van der Waals surface area contributed by atoms with Crippen molar-refractivity contribution in [1.29, 1.82) is 0 Å². The van der Waals surface area contributed by atoms with Gasteiger partial charge in [0.2, 0.25) is 0 Å². The number of likely N-dealkylation sites (N-methyl/N-ethyl adjacent to an activating group) is 1. The lowest BCUT2D eigenvalue weighted by Gasteiger charge is -2.42. The quantitative estimate of drug-likeness (QED) is 0.776. The molecule has 0 bridgehead atoms. The number of aromatic amines is 1. The van der Waals surface area contributed by atoms with Crippen molar-refractivity contribution in [3.63, 3.8) is 0 Å². The molecule has 0 spiro atoms. The van der Waals surface area contributed by atoms with Crippen molar-refractivity contribution in [2.45, 2.75) is 26.3 Å². The Balaban J connectivity index is 1.60. The Labute approximate surface area is 151 Å². The van der Waals surface area contributed by atoms with Gasteiger partial charge in [-0.05, 0) is 25.3 Å². The van der Waals surface area contributed by atoms with Crippen LogP contribution in [0.4, 0.5) is 5.82 Å². The number of amides is 1. The molecule has 4 rings (SSSR count). The highest BCUT2D eigenvalue weighted by atomic mass is 16.5. The molecule has 1 aliphatic heterocycles. The molecule has 2 atom stereocenters. The highest BCUT2D eigenvalue weighted by Gasteiger charge is 2.34. The van der Waals surface area contributed by atoms with E-state index in [4.69, 9.17) is 4.52 Å². The van der Waals surface area contributed by atoms with E-state index in [1.807, 2.05) is 24.2 Å². The fraction of sp³-hybridized carbons (Fsp3) is 0.444. The van der Waals surface area contributed by atoms with Crippen molar-refractivity contribution in [3.05, 3.63) is 36.1 Å². The van der Waals surface area contributed by atoms with Crippen LogP contribution in [0, 0.1) is 12.8 Å². The van der Waals surface area contributed by atoms with E-state index in [9.17, 15) is 4.79 Å². The van der Waals surface area contributed by atoms with E-state index in [0.717, 1.165) is 29.8 Å². The van der Waals surface area contributed by atoms with Gasteiger partial charge < -0.3 is 19.3 Å². The van der Waals surface area contributed by atoms with Gasteiger partial charge in [0.05, 0.1) is 17.1 Å². The molecule has 26 heavy (non-hydrogen) atoms. The molecule has 2 unspecified atom stereocenters. The van der Waals surface area contributed by atoms with Crippen LogP contribution in [0.5, 0.6) is 0 Å². The van der Waals surface area contributed by atoms with Crippen LogP contribution in [0.25, 0.3) is 11.0 Å². The summed E-state index contributed by atoms with van der Waals surface area (Å²) in [4.78, 5) is 28.8. The molecule has 1 saturated heterocycles. The zero-order chi connectivity index (χ0) is 18.3. The molecule has 0 aromatic carbocycles. The minimum atomic E-state index is -0.0245. The van der Waals surface area contributed by atoms with Gasteiger partial charge in [0, 0.05) is 26.3 Å². The van der Waals surface area contributed by atoms with E-state index < -0.39 is 0 Å². The Morgan fingerprint density at radius 1 is 1.42 bits per heavy atom. The van der Waals surface area contributed by atoms with Gasteiger partial charge in [-0.15, -0.1) is 0 Å². The fourth-order valence-corrected chi connectivity index (χ4v) is 3.70. The second-order valence-corrected chi connectivity index (χ2v) is 6.95. The predicted molar refractivity (Wildman–Crippen MR) is 97.0 cm³/mol. The number of hydrogen-bond acceptors (Lipinski definition) is 6. The summed E-state index contributed by atoms with van der Waals surface area (Å²) in [6.07, 6.45) is 5.81. The second kappa shape index (κ2) is 6.44. The molecule has 1 aliphatic rings. The largest absolute Gasteiger partial charge is 0.364 e. The monoisotopic (exact) mass is 354 g/mol. The van der Waals surface area contributed by atoms with Gasteiger partial charge in [0.25, 0.3) is 5.91 Å². The number of H-pyrrole nitrogens is 1. The molecule has 0 aliphatic carbocycles. The van der Waals surface area contributed by atoms with Gasteiger partial charge in [0.1, 0.15) is 29.6 Å². The lowest BCUT2D eigenvalue weighted by Crippen LogP contribution is -2.52.